The molecule has 0 saturated heterocycles. The Bertz CT molecular complexity index is 1190. The molecule has 33 heavy (non-hydrogen) atoms. The molecule has 4 rings (SSSR count). The fourth-order valence-electron chi connectivity index (χ4n) is 3.61. The van der Waals surface area contributed by atoms with Crippen molar-refractivity contribution in [3.05, 3.63) is 83.7 Å². The van der Waals surface area contributed by atoms with Crippen LogP contribution in [0.15, 0.2) is 72.0 Å². The molecule has 0 atom stereocenters. The number of hydrogen-bond acceptors (Lipinski definition) is 6. The van der Waals surface area contributed by atoms with Crippen LogP contribution < -0.4 is 14.8 Å². The molecule has 0 bridgehead atoms. The Hall–Kier alpha value is -4.20. The summed E-state index contributed by atoms with van der Waals surface area (Å²) < 4.78 is 10.7. The standard InChI is InChI=1S/C25H24N4O4/c1-32-22-13-12-17(16-23(22)33-2)19-11-7-15-29(28-19)25(31)18-8-3-4-9-20(18)27-24(30)21-10-5-6-14-26-21/h3-6,8-10,12-14,16H,7,11,15H2,1-2H3,(H,27,30). The van der Waals surface area contributed by atoms with Gasteiger partial charge in [0.1, 0.15) is 5.69 Å². The van der Waals surface area contributed by atoms with E-state index in [9.17, 15) is 9.59 Å². The highest BCUT2D eigenvalue weighted by atomic mass is 16.5. The van der Waals surface area contributed by atoms with Gasteiger partial charge in [-0.15, -0.1) is 0 Å². The van der Waals surface area contributed by atoms with Gasteiger partial charge in [0.05, 0.1) is 31.2 Å². The summed E-state index contributed by atoms with van der Waals surface area (Å²) in [5, 5.41) is 8.85. The van der Waals surface area contributed by atoms with E-state index in [4.69, 9.17) is 9.47 Å². The van der Waals surface area contributed by atoms with E-state index in [2.05, 4.69) is 15.4 Å². The van der Waals surface area contributed by atoms with E-state index in [1.54, 1.807) is 62.9 Å². The fourth-order valence-corrected chi connectivity index (χ4v) is 3.61. The van der Waals surface area contributed by atoms with Crippen LogP contribution in [-0.2, 0) is 0 Å². The SMILES string of the molecule is COc1ccc(C2=NN(C(=O)c3ccccc3NC(=O)c3ccccn3)CCC2)cc1OC. The minimum atomic E-state index is -0.385. The topological polar surface area (TPSA) is 93.1 Å². The average Bonchev–Trinajstić information content (AvgIpc) is 2.88. The maximum absolute atomic E-state index is 13.3. The number of carbonyl (C=O) groups is 2. The second-order valence-electron chi connectivity index (χ2n) is 7.36. The first-order valence-electron chi connectivity index (χ1n) is 10.5. The molecule has 0 fully saturated rings. The van der Waals surface area contributed by atoms with Gasteiger partial charge >= 0.3 is 0 Å². The summed E-state index contributed by atoms with van der Waals surface area (Å²) in [4.78, 5) is 30.0. The smallest absolute Gasteiger partial charge is 0.276 e. The largest absolute Gasteiger partial charge is 0.493 e. The molecule has 0 saturated carbocycles. The highest BCUT2D eigenvalue weighted by Gasteiger charge is 2.24. The number of amides is 2. The summed E-state index contributed by atoms with van der Waals surface area (Å²) in [7, 11) is 3.16. The number of pyridine rings is 1. The van der Waals surface area contributed by atoms with Crippen LogP contribution in [0.1, 0.15) is 39.3 Å². The Balaban J connectivity index is 1.59. The third-order valence-corrected chi connectivity index (χ3v) is 5.28. The van der Waals surface area contributed by atoms with E-state index in [0.717, 1.165) is 24.1 Å². The van der Waals surface area contributed by atoms with Crippen molar-refractivity contribution in [2.75, 3.05) is 26.1 Å². The number of hydrazone groups is 1. The second kappa shape index (κ2) is 9.95. The van der Waals surface area contributed by atoms with Crippen molar-refractivity contribution in [2.24, 2.45) is 5.10 Å². The molecule has 3 aromatic rings. The van der Waals surface area contributed by atoms with E-state index in [-0.39, 0.29) is 17.5 Å². The number of methoxy groups -OCH3 is 2. The lowest BCUT2D eigenvalue weighted by atomic mass is 10.0. The maximum atomic E-state index is 13.3. The van der Waals surface area contributed by atoms with Crippen molar-refractivity contribution < 1.29 is 19.1 Å². The average molecular weight is 444 g/mol. The molecule has 0 radical (unpaired) electrons. The molecular weight excluding hydrogens is 420 g/mol. The molecule has 2 aromatic carbocycles. The molecule has 168 valence electrons. The monoisotopic (exact) mass is 444 g/mol. The van der Waals surface area contributed by atoms with Crippen molar-refractivity contribution in [1.82, 2.24) is 9.99 Å². The Morgan fingerprint density at radius 3 is 2.52 bits per heavy atom. The van der Waals surface area contributed by atoms with Gasteiger partial charge in [-0.2, -0.15) is 5.10 Å². The summed E-state index contributed by atoms with van der Waals surface area (Å²) in [5.74, 6) is 0.556. The fraction of sp³-hybridized carbons (Fsp3) is 0.200. The Kier molecular flexibility index (Phi) is 6.64. The number of hydrogen-bond donors (Lipinski definition) is 1. The number of anilines is 1. The number of aromatic nitrogens is 1. The van der Waals surface area contributed by atoms with Crippen LogP contribution in [-0.4, -0.2) is 48.3 Å². The zero-order chi connectivity index (χ0) is 23.2. The van der Waals surface area contributed by atoms with Crippen molar-refractivity contribution in [1.29, 1.82) is 0 Å². The molecule has 1 N–H and O–H groups in total. The lowest BCUT2D eigenvalue weighted by molar-refractivity contribution is 0.0752. The normalized spacial score (nSPS) is 13.2. The van der Waals surface area contributed by atoms with Crippen LogP contribution in [0.25, 0.3) is 0 Å². The number of nitrogens with one attached hydrogen (secondary N) is 1. The van der Waals surface area contributed by atoms with Crippen molar-refractivity contribution in [3.8, 4) is 11.5 Å². The lowest BCUT2D eigenvalue weighted by Crippen LogP contribution is -2.33. The van der Waals surface area contributed by atoms with Crippen LogP contribution in [0.4, 0.5) is 5.69 Å². The van der Waals surface area contributed by atoms with Gasteiger partial charge in [-0.05, 0) is 55.3 Å². The predicted octanol–water partition coefficient (Wildman–Crippen LogP) is 3.99. The Labute approximate surface area is 191 Å². The van der Waals surface area contributed by atoms with Gasteiger partial charge in [0, 0.05) is 18.3 Å². The van der Waals surface area contributed by atoms with Crippen LogP contribution in [0, 0.1) is 0 Å². The molecule has 2 amide bonds. The summed E-state index contributed by atoms with van der Waals surface area (Å²) in [5.41, 5.74) is 2.68. The van der Waals surface area contributed by atoms with Gasteiger partial charge < -0.3 is 14.8 Å². The molecular formula is C25H24N4O4. The molecule has 1 aliphatic heterocycles. The molecule has 8 nitrogen and oxygen atoms in total. The minimum Gasteiger partial charge on any atom is -0.493 e. The Morgan fingerprint density at radius 1 is 0.970 bits per heavy atom. The van der Waals surface area contributed by atoms with Gasteiger partial charge in [0.15, 0.2) is 11.5 Å². The highest BCUT2D eigenvalue weighted by molar-refractivity contribution is 6.09. The third kappa shape index (κ3) is 4.85. The van der Waals surface area contributed by atoms with Crippen molar-refractivity contribution in [3.63, 3.8) is 0 Å². The minimum absolute atomic E-state index is 0.270. The van der Waals surface area contributed by atoms with Gasteiger partial charge in [-0.3, -0.25) is 14.6 Å². The van der Waals surface area contributed by atoms with Gasteiger partial charge in [0.2, 0.25) is 0 Å². The molecule has 1 aromatic heterocycles. The summed E-state index contributed by atoms with van der Waals surface area (Å²) in [6, 6.07) is 17.5. The predicted molar refractivity (Wildman–Crippen MR) is 125 cm³/mol. The molecule has 1 aliphatic rings. The third-order valence-electron chi connectivity index (χ3n) is 5.28. The first-order chi connectivity index (χ1) is 16.1. The first kappa shape index (κ1) is 22.0. The molecule has 8 heteroatoms. The zero-order valence-electron chi connectivity index (χ0n) is 18.4. The summed E-state index contributed by atoms with van der Waals surface area (Å²) >= 11 is 0. The van der Waals surface area contributed by atoms with Crippen LogP contribution >= 0.6 is 0 Å². The van der Waals surface area contributed by atoms with E-state index in [0.29, 0.717) is 29.3 Å². The number of rotatable bonds is 6. The number of carbonyl (C=O) groups excluding carboxylic acids is 2. The highest BCUT2D eigenvalue weighted by Crippen LogP contribution is 2.29. The van der Waals surface area contributed by atoms with Crippen molar-refractivity contribution >= 4 is 23.2 Å². The maximum Gasteiger partial charge on any atom is 0.276 e. The number of para-hydroxylation sites is 1. The van der Waals surface area contributed by atoms with Crippen molar-refractivity contribution in [2.45, 2.75) is 12.8 Å². The lowest BCUT2D eigenvalue weighted by Gasteiger charge is -2.25. The zero-order valence-corrected chi connectivity index (χ0v) is 18.4. The summed E-state index contributed by atoms with van der Waals surface area (Å²) in [6.07, 6.45) is 3.04. The van der Waals surface area contributed by atoms with Gasteiger partial charge in [-0.25, -0.2) is 5.01 Å². The summed E-state index contributed by atoms with van der Waals surface area (Å²) in [6.45, 7) is 0.484. The van der Waals surface area contributed by atoms with E-state index < -0.39 is 0 Å². The first-order valence-corrected chi connectivity index (χ1v) is 10.5. The molecule has 0 spiro atoms. The van der Waals surface area contributed by atoms with Crippen LogP contribution in [0.5, 0.6) is 11.5 Å². The molecule has 0 unspecified atom stereocenters. The van der Waals surface area contributed by atoms with E-state index in [1.165, 1.54) is 5.01 Å². The Morgan fingerprint density at radius 2 is 1.76 bits per heavy atom. The number of ether oxygens (including phenoxy) is 2. The molecule has 2 heterocycles. The van der Waals surface area contributed by atoms with Gasteiger partial charge in [-0.1, -0.05) is 18.2 Å². The second-order valence-corrected chi connectivity index (χ2v) is 7.36. The van der Waals surface area contributed by atoms with E-state index >= 15 is 0 Å². The van der Waals surface area contributed by atoms with Crippen LogP contribution in [0.2, 0.25) is 0 Å². The quantitative estimate of drug-likeness (QED) is 0.621. The van der Waals surface area contributed by atoms with Crippen LogP contribution in [0.3, 0.4) is 0 Å². The molecule has 0 aliphatic carbocycles. The van der Waals surface area contributed by atoms with Gasteiger partial charge in [0.25, 0.3) is 11.8 Å². The van der Waals surface area contributed by atoms with E-state index in [1.807, 2.05) is 18.2 Å². The number of benzene rings is 2. The number of nitrogens with zero attached hydrogens (tertiary/aromatic N) is 3.